The summed E-state index contributed by atoms with van der Waals surface area (Å²) >= 11 is 0.826. The number of hydrogen-bond donors (Lipinski definition) is 0. The lowest BCUT2D eigenvalue weighted by Crippen LogP contribution is -2.41. The molecule has 4 nitrogen and oxygen atoms in total. The molecular weight excluding hydrogens is 372 g/mol. The third kappa shape index (κ3) is 6.46. The van der Waals surface area contributed by atoms with Crippen molar-refractivity contribution >= 4 is 17.3 Å². The molecule has 0 spiro atoms. The summed E-state index contributed by atoms with van der Waals surface area (Å²) < 4.78 is 87.8. The number of halogens is 6. The van der Waals surface area contributed by atoms with Gasteiger partial charge in [-0.3, -0.25) is 0 Å². The van der Waals surface area contributed by atoms with Gasteiger partial charge in [-0.25, -0.2) is 4.90 Å². The average Bonchev–Trinajstić information content (AvgIpc) is 2.97. The van der Waals surface area contributed by atoms with Gasteiger partial charge >= 0.3 is 12.5 Å². The number of aromatic nitrogens is 2. The van der Waals surface area contributed by atoms with Crippen molar-refractivity contribution in [3.05, 3.63) is 11.8 Å². The predicted molar refractivity (Wildman–Crippen MR) is 80.1 cm³/mol. The molecule has 2 rings (SSSR count). The van der Waals surface area contributed by atoms with Crippen molar-refractivity contribution < 1.29 is 31.1 Å². The maximum absolute atomic E-state index is 12.8. The van der Waals surface area contributed by atoms with Gasteiger partial charge in [0.15, 0.2) is 0 Å². The highest BCUT2D eigenvalue weighted by atomic mass is 32.1. The van der Waals surface area contributed by atoms with Crippen molar-refractivity contribution in [1.29, 1.82) is 0 Å². The van der Waals surface area contributed by atoms with E-state index in [0.717, 1.165) is 11.7 Å². The molecule has 142 valence electrons. The summed E-state index contributed by atoms with van der Waals surface area (Å²) in [6.07, 6.45) is -6.74. The second kappa shape index (κ2) is 8.35. The fourth-order valence-corrected chi connectivity index (χ4v) is 2.91. The van der Waals surface area contributed by atoms with Crippen LogP contribution in [0.2, 0.25) is 0 Å². The highest BCUT2D eigenvalue weighted by molar-refractivity contribution is 6.99. The van der Waals surface area contributed by atoms with E-state index in [1.165, 1.54) is 0 Å². The average molecular weight is 389 g/mol. The van der Waals surface area contributed by atoms with Gasteiger partial charge in [-0.15, -0.1) is 4.37 Å². The monoisotopic (exact) mass is 389 g/mol. The van der Waals surface area contributed by atoms with Crippen LogP contribution in [0.25, 0.3) is 5.57 Å². The van der Waals surface area contributed by atoms with E-state index in [4.69, 9.17) is 4.74 Å². The van der Waals surface area contributed by atoms with Crippen LogP contribution in [0, 0.1) is 0 Å². The summed E-state index contributed by atoms with van der Waals surface area (Å²) in [5.74, 6) is 0.135. The maximum atomic E-state index is 12.8. The van der Waals surface area contributed by atoms with Crippen LogP contribution in [0.1, 0.15) is 37.8 Å². The number of alkyl halides is 6. The highest BCUT2D eigenvalue weighted by Gasteiger charge is 2.39. The topological polar surface area (TPSA) is 38.3 Å². The Bertz CT molecular complexity index is 584. The Balaban J connectivity index is 1.83. The van der Waals surface area contributed by atoms with Crippen LogP contribution in [0.5, 0.6) is 5.88 Å². The Morgan fingerprint density at radius 1 is 1.08 bits per heavy atom. The molecule has 1 aliphatic rings. The Labute approximate surface area is 144 Å². The Morgan fingerprint density at radius 3 is 2.52 bits per heavy atom. The smallest absolute Gasteiger partial charge is 0.460 e. The molecule has 2 heterocycles. The van der Waals surface area contributed by atoms with Gasteiger partial charge in [0.1, 0.15) is 5.69 Å². The first-order valence-corrected chi connectivity index (χ1v) is 8.43. The lowest BCUT2D eigenvalue weighted by atomic mass is 10.1. The molecular formula is C14H17F6N3OS. The lowest BCUT2D eigenvalue weighted by molar-refractivity contribution is -0.241. The van der Waals surface area contributed by atoms with Crippen molar-refractivity contribution in [2.24, 2.45) is 0 Å². The standard InChI is InChI=1S/C14H17F6N3OS/c15-13(16,17)6-2-1-3-8-24-12-11(21-25-22-12)10-5-4-7-23(9-10)14(18,19)20/h5H,1-4,6-9H2. The van der Waals surface area contributed by atoms with E-state index < -0.39 is 18.9 Å². The zero-order chi connectivity index (χ0) is 18.5. The molecule has 0 bridgehead atoms. The van der Waals surface area contributed by atoms with E-state index >= 15 is 0 Å². The van der Waals surface area contributed by atoms with Gasteiger partial charge in [-0.1, -0.05) is 6.08 Å². The summed E-state index contributed by atoms with van der Waals surface area (Å²) in [5, 5.41) is 0. The maximum Gasteiger partial charge on any atom is 0.460 e. The third-order valence-corrected chi connectivity index (χ3v) is 4.13. The summed E-state index contributed by atoms with van der Waals surface area (Å²) in [4.78, 5) is 0.391. The molecule has 0 fully saturated rings. The van der Waals surface area contributed by atoms with E-state index in [9.17, 15) is 26.3 Å². The van der Waals surface area contributed by atoms with Crippen molar-refractivity contribution in [2.45, 2.75) is 44.6 Å². The molecule has 1 aliphatic heterocycles. The van der Waals surface area contributed by atoms with E-state index in [1.807, 2.05) is 0 Å². The predicted octanol–water partition coefficient (Wildman–Crippen LogP) is 4.65. The second-order valence-electron chi connectivity index (χ2n) is 5.60. The van der Waals surface area contributed by atoms with E-state index in [0.29, 0.717) is 23.3 Å². The van der Waals surface area contributed by atoms with Crippen LogP contribution in [-0.4, -0.2) is 45.8 Å². The summed E-state index contributed by atoms with van der Waals surface area (Å²) in [7, 11) is 0. The Hall–Kier alpha value is -1.36. The molecule has 0 atom stereocenters. The first-order valence-electron chi connectivity index (χ1n) is 7.70. The molecule has 11 heteroatoms. The van der Waals surface area contributed by atoms with Crippen LogP contribution >= 0.6 is 11.7 Å². The molecule has 0 unspecified atom stereocenters. The first-order chi connectivity index (χ1) is 11.7. The minimum atomic E-state index is -4.41. The van der Waals surface area contributed by atoms with Gasteiger partial charge in [0.2, 0.25) is 0 Å². The summed E-state index contributed by atoms with van der Waals surface area (Å²) in [5.41, 5.74) is 0.665. The Morgan fingerprint density at radius 2 is 1.84 bits per heavy atom. The number of nitrogens with zero attached hydrogens (tertiary/aromatic N) is 3. The van der Waals surface area contributed by atoms with Crippen LogP contribution in [-0.2, 0) is 0 Å². The highest BCUT2D eigenvalue weighted by Crippen LogP contribution is 2.32. The molecule has 0 aliphatic carbocycles. The molecule has 25 heavy (non-hydrogen) atoms. The molecule has 0 N–H and O–H groups in total. The quantitative estimate of drug-likeness (QED) is 0.387. The molecule has 0 saturated carbocycles. The van der Waals surface area contributed by atoms with Crippen LogP contribution in [0.4, 0.5) is 26.3 Å². The normalized spacial score (nSPS) is 16.8. The minimum absolute atomic E-state index is 0.0146. The molecule has 1 aromatic rings. The largest absolute Gasteiger partial charge is 0.475 e. The van der Waals surface area contributed by atoms with Gasteiger partial charge in [-0.05, 0) is 31.3 Å². The SMILES string of the molecule is FC(F)(F)CCCCCOc1nsnc1C1=CCCN(C(F)(F)F)C1. The van der Waals surface area contributed by atoms with Gasteiger partial charge in [0.25, 0.3) is 5.88 Å². The van der Waals surface area contributed by atoms with Gasteiger partial charge in [0, 0.05) is 19.5 Å². The summed E-state index contributed by atoms with van der Waals surface area (Å²) in [6.45, 7) is -0.288. The van der Waals surface area contributed by atoms with Crippen molar-refractivity contribution in [3.63, 3.8) is 0 Å². The second-order valence-corrected chi connectivity index (χ2v) is 6.13. The van der Waals surface area contributed by atoms with Crippen molar-refractivity contribution in [3.8, 4) is 5.88 Å². The number of rotatable bonds is 7. The minimum Gasteiger partial charge on any atom is -0.475 e. The third-order valence-electron chi connectivity index (χ3n) is 3.62. The molecule has 0 amide bonds. The molecule has 0 saturated heterocycles. The number of hydrogen-bond acceptors (Lipinski definition) is 5. The van der Waals surface area contributed by atoms with Gasteiger partial charge in [0.05, 0.1) is 18.3 Å². The van der Waals surface area contributed by atoms with E-state index in [1.54, 1.807) is 6.08 Å². The summed E-state index contributed by atoms with van der Waals surface area (Å²) in [6, 6.07) is 0. The van der Waals surface area contributed by atoms with Crippen LogP contribution < -0.4 is 4.74 Å². The fourth-order valence-electron chi connectivity index (χ4n) is 2.38. The first kappa shape index (κ1) is 20.0. The van der Waals surface area contributed by atoms with Crippen molar-refractivity contribution in [2.75, 3.05) is 19.7 Å². The fraction of sp³-hybridized carbons (Fsp3) is 0.714. The van der Waals surface area contributed by atoms with Gasteiger partial charge < -0.3 is 4.74 Å². The molecule has 1 aromatic heterocycles. The molecule has 0 aromatic carbocycles. The zero-order valence-electron chi connectivity index (χ0n) is 13.2. The van der Waals surface area contributed by atoms with Crippen LogP contribution in [0.15, 0.2) is 6.08 Å². The molecule has 0 radical (unpaired) electrons. The van der Waals surface area contributed by atoms with Crippen LogP contribution in [0.3, 0.4) is 0 Å². The van der Waals surface area contributed by atoms with Gasteiger partial charge in [-0.2, -0.15) is 30.7 Å². The van der Waals surface area contributed by atoms with E-state index in [-0.39, 0.29) is 44.1 Å². The van der Waals surface area contributed by atoms with Crippen molar-refractivity contribution in [1.82, 2.24) is 13.6 Å². The Kier molecular flexibility index (Phi) is 6.66. The lowest BCUT2D eigenvalue weighted by Gasteiger charge is -2.28. The van der Waals surface area contributed by atoms with E-state index in [2.05, 4.69) is 8.75 Å². The number of unbranched alkanes of at least 4 members (excludes halogenated alkanes) is 2. The number of ether oxygens (including phenoxy) is 1. The zero-order valence-corrected chi connectivity index (χ0v) is 14.0.